The molecule has 2 heteroatoms. The maximum Gasteiger partial charge on any atom is 0.0888 e. The van der Waals surface area contributed by atoms with Crippen LogP contribution in [0.2, 0.25) is 0 Å². The number of hydrogen-bond donors (Lipinski definition) is 0. The van der Waals surface area contributed by atoms with Crippen molar-refractivity contribution in [3.8, 4) is 0 Å². The first kappa shape index (κ1) is 30.2. The average Bonchev–Trinajstić information content (AvgIpc) is 2.77. The Balaban J connectivity index is 3.23. The summed E-state index contributed by atoms with van der Waals surface area (Å²) in [6.07, 6.45) is 29.9. The van der Waals surface area contributed by atoms with E-state index >= 15 is 0 Å². The molecule has 31 heavy (non-hydrogen) atoms. The second-order valence-corrected chi connectivity index (χ2v) is 9.39. The highest BCUT2D eigenvalue weighted by atomic mass is 16.5. The number of allylic oxidation sites excluding steroid dienone is 3. The van der Waals surface area contributed by atoms with E-state index in [2.05, 4.69) is 44.5 Å². The molecule has 0 spiro atoms. The third-order valence-corrected chi connectivity index (χ3v) is 6.25. The molecule has 0 atom stereocenters. The number of ether oxygens (including phenoxy) is 1. The smallest absolute Gasteiger partial charge is 0.0888 e. The predicted octanol–water partition coefficient (Wildman–Crippen LogP) is 9.46. The normalized spacial score (nSPS) is 11.6. The Morgan fingerprint density at radius 3 is 1.81 bits per heavy atom. The fourth-order valence-electron chi connectivity index (χ4n) is 3.85. The molecule has 0 unspecified atom stereocenters. The fourth-order valence-corrected chi connectivity index (χ4v) is 3.85. The maximum atomic E-state index is 5.81. The SMILES string of the molecule is C=C(CCCCCCC/C=C\CCCCCCCC)OCCCCCCCN(C)CC. The Morgan fingerprint density at radius 1 is 0.677 bits per heavy atom. The molecule has 184 valence electrons. The minimum Gasteiger partial charge on any atom is -0.499 e. The molecule has 0 fully saturated rings. The lowest BCUT2D eigenvalue weighted by molar-refractivity contribution is 0.195. The van der Waals surface area contributed by atoms with E-state index in [-0.39, 0.29) is 0 Å². The Kier molecular flexibility index (Phi) is 24.9. The van der Waals surface area contributed by atoms with Crippen molar-refractivity contribution in [3.63, 3.8) is 0 Å². The van der Waals surface area contributed by atoms with Gasteiger partial charge in [0.2, 0.25) is 0 Å². The molecule has 0 aliphatic carbocycles. The van der Waals surface area contributed by atoms with E-state index in [1.165, 1.54) is 122 Å². The lowest BCUT2D eigenvalue weighted by Crippen LogP contribution is -2.18. The zero-order valence-corrected chi connectivity index (χ0v) is 21.8. The van der Waals surface area contributed by atoms with Crippen molar-refractivity contribution in [1.82, 2.24) is 4.90 Å². The van der Waals surface area contributed by atoms with Gasteiger partial charge in [0.25, 0.3) is 0 Å². The molecular formula is C29H57NO. The van der Waals surface area contributed by atoms with Crippen LogP contribution in [0.1, 0.15) is 136 Å². The summed E-state index contributed by atoms with van der Waals surface area (Å²) in [5.74, 6) is 1.00. The van der Waals surface area contributed by atoms with Gasteiger partial charge in [-0.2, -0.15) is 0 Å². The van der Waals surface area contributed by atoms with Crippen LogP contribution in [0.15, 0.2) is 24.5 Å². The van der Waals surface area contributed by atoms with E-state index in [1.807, 2.05) is 0 Å². The van der Waals surface area contributed by atoms with Crippen LogP contribution in [0.5, 0.6) is 0 Å². The van der Waals surface area contributed by atoms with Gasteiger partial charge in [0.15, 0.2) is 0 Å². The van der Waals surface area contributed by atoms with Crippen LogP contribution in [-0.2, 0) is 4.74 Å². The molecule has 0 bridgehead atoms. The summed E-state index contributed by atoms with van der Waals surface area (Å²) >= 11 is 0. The Labute approximate surface area is 196 Å². The molecule has 0 aromatic carbocycles. The largest absolute Gasteiger partial charge is 0.499 e. The third-order valence-electron chi connectivity index (χ3n) is 6.25. The standard InChI is InChI=1S/C29H57NO/c1-5-7-8-9-10-11-12-13-14-15-16-17-18-20-23-26-29(3)31-28-25-22-19-21-24-27-30(4)6-2/h13-14H,3,5-12,15-28H2,1-2,4H3/b14-13-. The first-order chi connectivity index (χ1) is 15.2. The van der Waals surface area contributed by atoms with Gasteiger partial charge in [-0.05, 0) is 65.1 Å². The maximum absolute atomic E-state index is 5.81. The fraction of sp³-hybridized carbons (Fsp3) is 0.862. The van der Waals surface area contributed by atoms with Gasteiger partial charge in [-0.3, -0.25) is 0 Å². The van der Waals surface area contributed by atoms with Crippen LogP contribution in [0.25, 0.3) is 0 Å². The minimum absolute atomic E-state index is 0.860. The van der Waals surface area contributed by atoms with Crippen molar-refractivity contribution in [2.24, 2.45) is 0 Å². The number of rotatable bonds is 25. The second kappa shape index (κ2) is 25.5. The van der Waals surface area contributed by atoms with Gasteiger partial charge in [0, 0.05) is 6.42 Å². The summed E-state index contributed by atoms with van der Waals surface area (Å²) in [5, 5.41) is 0. The van der Waals surface area contributed by atoms with Gasteiger partial charge in [-0.25, -0.2) is 0 Å². The van der Waals surface area contributed by atoms with E-state index < -0.39 is 0 Å². The predicted molar refractivity (Wildman–Crippen MR) is 141 cm³/mol. The zero-order valence-electron chi connectivity index (χ0n) is 21.8. The monoisotopic (exact) mass is 435 g/mol. The molecule has 0 aromatic rings. The van der Waals surface area contributed by atoms with Crippen molar-refractivity contribution in [2.75, 3.05) is 26.7 Å². The summed E-state index contributed by atoms with van der Waals surface area (Å²) < 4.78 is 5.81. The van der Waals surface area contributed by atoms with E-state index in [0.717, 1.165) is 25.3 Å². The van der Waals surface area contributed by atoms with Crippen LogP contribution in [-0.4, -0.2) is 31.6 Å². The lowest BCUT2D eigenvalue weighted by Gasteiger charge is -2.13. The van der Waals surface area contributed by atoms with Gasteiger partial charge in [0.05, 0.1) is 12.4 Å². The zero-order chi connectivity index (χ0) is 22.8. The third kappa shape index (κ3) is 25.4. The van der Waals surface area contributed by atoms with Crippen molar-refractivity contribution in [2.45, 2.75) is 136 Å². The van der Waals surface area contributed by atoms with Crippen molar-refractivity contribution >= 4 is 0 Å². The van der Waals surface area contributed by atoms with Crippen LogP contribution in [0, 0.1) is 0 Å². The van der Waals surface area contributed by atoms with E-state index in [9.17, 15) is 0 Å². The molecular weight excluding hydrogens is 378 g/mol. The molecule has 0 aliphatic rings. The van der Waals surface area contributed by atoms with Gasteiger partial charge in [-0.15, -0.1) is 0 Å². The van der Waals surface area contributed by atoms with Crippen molar-refractivity contribution < 1.29 is 4.74 Å². The summed E-state index contributed by atoms with van der Waals surface area (Å²) in [6, 6.07) is 0. The minimum atomic E-state index is 0.860. The summed E-state index contributed by atoms with van der Waals surface area (Å²) in [7, 11) is 2.20. The van der Waals surface area contributed by atoms with E-state index in [1.54, 1.807) is 0 Å². The van der Waals surface area contributed by atoms with Gasteiger partial charge in [0.1, 0.15) is 0 Å². The molecule has 0 rings (SSSR count). The number of nitrogens with zero attached hydrogens (tertiary/aromatic N) is 1. The summed E-state index contributed by atoms with van der Waals surface area (Å²) in [5.41, 5.74) is 0. The Hall–Kier alpha value is -0.760. The van der Waals surface area contributed by atoms with Crippen molar-refractivity contribution in [3.05, 3.63) is 24.5 Å². The quantitative estimate of drug-likeness (QED) is 0.0804. The highest BCUT2D eigenvalue weighted by Gasteiger charge is 1.98. The van der Waals surface area contributed by atoms with Crippen LogP contribution in [0.4, 0.5) is 0 Å². The molecule has 0 saturated heterocycles. The lowest BCUT2D eigenvalue weighted by atomic mass is 10.1. The molecule has 0 saturated carbocycles. The second-order valence-electron chi connectivity index (χ2n) is 9.39. The highest BCUT2D eigenvalue weighted by molar-refractivity contribution is 4.82. The van der Waals surface area contributed by atoms with Crippen LogP contribution in [0.3, 0.4) is 0 Å². The average molecular weight is 436 g/mol. The Morgan fingerprint density at radius 2 is 1.19 bits per heavy atom. The topological polar surface area (TPSA) is 12.5 Å². The molecule has 0 radical (unpaired) electrons. The van der Waals surface area contributed by atoms with Crippen molar-refractivity contribution in [1.29, 1.82) is 0 Å². The molecule has 2 nitrogen and oxygen atoms in total. The first-order valence-electron chi connectivity index (χ1n) is 13.8. The van der Waals surface area contributed by atoms with Gasteiger partial charge >= 0.3 is 0 Å². The Bertz CT molecular complexity index is 390. The van der Waals surface area contributed by atoms with E-state index in [0.29, 0.717) is 0 Å². The van der Waals surface area contributed by atoms with Crippen LogP contribution >= 0.6 is 0 Å². The highest BCUT2D eigenvalue weighted by Crippen LogP contribution is 2.13. The number of hydrogen-bond acceptors (Lipinski definition) is 2. The summed E-state index contributed by atoms with van der Waals surface area (Å²) in [4.78, 5) is 2.39. The molecule has 0 aliphatic heterocycles. The molecule has 0 N–H and O–H groups in total. The summed E-state index contributed by atoms with van der Waals surface area (Å²) in [6.45, 7) is 11.9. The van der Waals surface area contributed by atoms with Gasteiger partial charge in [-0.1, -0.05) is 103 Å². The number of unbranched alkanes of at least 4 members (excludes halogenated alkanes) is 15. The van der Waals surface area contributed by atoms with E-state index in [4.69, 9.17) is 4.74 Å². The van der Waals surface area contributed by atoms with Crippen LogP contribution < -0.4 is 0 Å². The molecule has 0 amide bonds. The molecule has 0 aromatic heterocycles. The first-order valence-corrected chi connectivity index (χ1v) is 13.8. The van der Waals surface area contributed by atoms with Gasteiger partial charge < -0.3 is 9.64 Å². The molecule has 0 heterocycles.